The van der Waals surface area contributed by atoms with E-state index in [-0.39, 0.29) is 17.2 Å². The normalized spacial score (nSPS) is 11.1. The Morgan fingerprint density at radius 3 is 2.48 bits per heavy atom. The molecule has 3 N–H and O–H groups in total. The Hall–Kier alpha value is -4.09. The molecular formula is C21H21F3N4O5. The number of carbonyl (C=O) groups is 3. The highest BCUT2D eigenvalue weighted by atomic mass is 19.4. The molecule has 0 aliphatic carbocycles. The fraction of sp³-hybridized carbons (Fsp3) is 0.238. The molecule has 33 heavy (non-hydrogen) atoms. The molecule has 0 aliphatic heterocycles. The number of likely N-dealkylation sites (N-methyl/N-ethyl adjacent to an activating group) is 1. The van der Waals surface area contributed by atoms with Crippen LogP contribution < -0.4 is 25.5 Å². The molecule has 2 aromatic carbocycles. The Morgan fingerprint density at radius 1 is 1.06 bits per heavy atom. The number of carbonyl (C=O) groups excluding carboxylic acids is 3. The van der Waals surface area contributed by atoms with Crippen LogP contribution in [0.4, 0.5) is 18.9 Å². The molecule has 3 amide bonds. The van der Waals surface area contributed by atoms with Crippen molar-refractivity contribution in [2.45, 2.75) is 13.1 Å². The second-order valence-corrected chi connectivity index (χ2v) is 6.38. The summed E-state index contributed by atoms with van der Waals surface area (Å²) in [4.78, 5) is 34.9. The van der Waals surface area contributed by atoms with Gasteiger partial charge in [-0.25, -0.2) is 5.43 Å². The minimum Gasteiger partial charge on any atom is -0.493 e. The van der Waals surface area contributed by atoms with Crippen LogP contribution in [-0.4, -0.2) is 44.2 Å². The third kappa shape index (κ3) is 7.83. The number of hydrogen-bond donors (Lipinski definition) is 3. The molecule has 0 unspecified atom stereocenters. The number of anilines is 1. The first-order valence-corrected chi connectivity index (χ1v) is 9.53. The zero-order valence-corrected chi connectivity index (χ0v) is 17.7. The zero-order valence-electron chi connectivity index (χ0n) is 17.7. The molecule has 0 saturated heterocycles. The Balaban J connectivity index is 1.96. The number of rotatable bonds is 8. The average molecular weight is 466 g/mol. The smallest absolute Gasteiger partial charge is 0.416 e. The third-order valence-electron chi connectivity index (χ3n) is 3.94. The van der Waals surface area contributed by atoms with Crippen molar-refractivity contribution in [1.29, 1.82) is 0 Å². The summed E-state index contributed by atoms with van der Waals surface area (Å²) >= 11 is 0. The fourth-order valence-corrected chi connectivity index (χ4v) is 2.45. The summed E-state index contributed by atoms with van der Waals surface area (Å²) in [6.45, 7) is 1.48. The van der Waals surface area contributed by atoms with Crippen molar-refractivity contribution in [3.63, 3.8) is 0 Å². The second-order valence-electron chi connectivity index (χ2n) is 6.38. The highest BCUT2D eigenvalue weighted by Gasteiger charge is 2.30. The largest absolute Gasteiger partial charge is 0.493 e. The fourth-order valence-electron chi connectivity index (χ4n) is 2.45. The molecule has 0 spiro atoms. The molecule has 9 nitrogen and oxygen atoms in total. The Morgan fingerprint density at radius 2 is 1.82 bits per heavy atom. The minimum absolute atomic E-state index is 0.0217. The number of ether oxygens (including phenoxy) is 2. The van der Waals surface area contributed by atoms with Crippen LogP contribution in [-0.2, 0) is 20.6 Å². The van der Waals surface area contributed by atoms with E-state index in [1.54, 1.807) is 13.0 Å². The Labute approximate surface area is 186 Å². The zero-order chi connectivity index (χ0) is 24.4. The van der Waals surface area contributed by atoms with Crippen molar-refractivity contribution >= 4 is 29.6 Å². The van der Waals surface area contributed by atoms with Crippen LogP contribution in [0.25, 0.3) is 0 Å². The van der Waals surface area contributed by atoms with Gasteiger partial charge in [0.25, 0.3) is 5.91 Å². The summed E-state index contributed by atoms with van der Waals surface area (Å²) in [5.74, 6) is -1.98. The minimum atomic E-state index is -4.53. The van der Waals surface area contributed by atoms with Gasteiger partial charge in [0.2, 0.25) is 0 Å². The van der Waals surface area contributed by atoms with E-state index in [9.17, 15) is 27.6 Å². The van der Waals surface area contributed by atoms with Crippen LogP contribution in [0.5, 0.6) is 11.5 Å². The van der Waals surface area contributed by atoms with Crippen molar-refractivity contribution in [3.8, 4) is 11.5 Å². The molecular weight excluding hydrogens is 445 g/mol. The first kappa shape index (κ1) is 25.2. The van der Waals surface area contributed by atoms with E-state index in [4.69, 9.17) is 9.47 Å². The summed E-state index contributed by atoms with van der Waals surface area (Å²) in [6.07, 6.45) is -3.26. The molecule has 0 heterocycles. The molecule has 0 fully saturated rings. The van der Waals surface area contributed by atoms with Gasteiger partial charge in [0.05, 0.1) is 18.9 Å². The van der Waals surface area contributed by atoms with Gasteiger partial charge < -0.3 is 20.1 Å². The molecule has 0 aromatic heterocycles. The van der Waals surface area contributed by atoms with E-state index in [1.165, 1.54) is 37.6 Å². The number of nitrogens with one attached hydrogen (secondary N) is 3. The van der Waals surface area contributed by atoms with Gasteiger partial charge in [0.1, 0.15) is 0 Å². The lowest BCUT2D eigenvalue weighted by Crippen LogP contribution is -2.37. The number of hydrogen-bond acceptors (Lipinski definition) is 6. The lowest BCUT2D eigenvalue weighted by molar-refractivity contribution is -0.139. The molecule has 2 rings (SSSR count). The van der Waals surface area contributed by atoms with Crippen molar-refractivity contribution in [2.75, 3.05) is 25.6 Å². The van der Waals surface area contributed by atoms with E-state index >= 15 is 0 Å². The van der Waals surface area contributed by atoms with Crippen molar-refractivity contribution in [1.82, 2.24) is 10.7 Å². The molecule has 0 atom stereocenters. The van der Waals surface area contributed by atoms with Crippen LogP contribution in [0.3, 0.4) is 0 Å². The number of methoxy groups -OCH3 is 1. The number of nitrogens with zero attached hydrogens (tertiary/aromatic N) is 1. The molecule has 0 bridgehead atoms. The van der Waals surface area contributed by atoms with Gasteiger partial charge in [0, 0.05) is 12.2 Å². The average Bonchev–Trinajstić information content (AvgIpc) is 2.77. The summed E-state index contributed by atoms with van der Waals surface area (Å²) in [7, 11) is 1.36. The summed E-state index contributed by atoms with van der Waals surface area (Å²) < 4.78 is 48.9. The van der Waals surface area contributed by atoms with Crippen LogP contribution >= 0.6 is 0 Å². The maximum atomic E-state index is 12.8. The Bertz CT molecular complexity index is 1040. The number of halogens is 3. The molecule has 2 aromatic rings. The van der Waals surface area contributed by atoms with Gasteiger partial charge in [-0.05, 0) is 48.9 Å². The molecule has 0 saturated carbocycles. The third-order valence-corrected chi connectivity index (χ3v) is 3.94. The van der Waals surface area contributed by atoms with E-state index in [2.05, 4.69) is 21.2 Å². The summed E-state index contributed by atoms with van der Waals surface area (Å²) in [6, 6.07) is 8.74. The quantitative estimate of drug-likeness (QED) is 0.314. The highest BCUT2D eigenvalue weighted by Crippen LogP contribution is 2.31. The van der Waals surface area contributed by atoms with Crippen molar-refractivity contribution in [2.24, 2.45) is 5.10 Å². The topological polar surface area (TPSA) is 118 Å². The van der Waals surface area contributed by atoms with E-state index < -0.39 is 36.1 Å². The van der Waals surface area contributed by atoms with Crippen molar-refractivity contribution in [3.05, 3.63) is 53.6 Å². The van der Waals surface area contributed by atoms with Gasteiger partial charge in [-0.2, -0.15) is 18.3 Å². The summed E-state index contributed by atoms with van der Waals surface area (Å²) in [5.41, 5.74) is 1.65. The summed E-state index contributed by atoms with van der Waals surface area (Å²) in [5, 5.41) is 8.32. The van der Waals surface area contributed by atoms with E-state index in [0.717, 1.165) is 12.1 Å². The van der Waals surface area contributed by atoms with Gasteiger partial charge >= 0.3 is 18.0 Å². The van der Waals surface area contributed by atoms with Crippen LogP contribution in [0.1, 0.15) is 18.1 Å². The number of hydrazone groups is 1. The van der Waals surface area contributed by atoms with Crippen LogP contribution in [0.2, 0.25) is 0 Å². The number of benzene rings is 2. The van der Waals surface area contributed by atoms with Gasteiger partial charge in [-0.15, -0.1) is 0 Å². The standard InChI is InChI=1S/C21H21F3N4O5/c1-3-25-19(30)20(31)28-26-11-13-7-8-16(17(9-13)32-2)33-12-18(29)27-15-6-4-5-14(10-15)21(22,23)24/h4-11H,3,12H2,1-2H3,(H,25,30)(H,27,29)(H,28,31)/b26-11-. The molecule has 0 aliphatic rings. The monoisotopic (exact) mass is 466 g/mol. The van der Waals surface area contributed by atoms with Gasteiger partial charge in [-0.1, -0.05) is 6.07 Å². The highest BCUT2D eigenvalue weighted by molar-refractivity contribution is 6.35. The van der Waals surface area contributed by atoms with Gasteiger partial charge in [0.15, 0.2) is 18.1 Å². The SMILES string of the molecule is CCNC(=O)C(=O)N/N=C\c1ccc(OCC(=O)Nc2cccc(C(F)(F)F)c2)c(OC)c1. The molecule has 12 heteroatoms. The predicted octanol–water partition coefficient (Wildman–Crippen LogP) is 2.32. The maximum absolute atomic E-state index is 12.8. The van der Waals surface area contributed by atoms with Gasteiger partial charge in [-0.3, -0.25) is 14.4 Å². The predicted molar refractivity (Wildman–Crippen MR) is 113 cm³/mol. The first-order chi connectivity index (χ1) is 15.6. The maximum Gasteiger partial charge on any atom is 0.416 e. The van der Waals surface area contributed by atoms with Crippen LogP contribution in [0, 0.1) is 0 Å². The van der Waals surface area contributed by atoms with E-state index in [1.807, 2.05) is 0 Å². The lowest BCUT2D eigenvalue weighted by Gasteiger charge is -2.12. The van der Waals surface area contributed by atoms with E-state index in [0.29, 0.717) is 12.1 Å². The lowest BCUT2D eigenvalue weighted by atomic mass is 10.2. The molecule has 176 valence electrons. The second kappa shape index (κ2) is 11.5. The molecule has 0 radical (unpaired) electrons. The van der Waals surface area contributed by atoms with Crippen LogP contribution in [0.15, 0.2) is 47.6 Å². The van der Waals surface area contributed by atoms with Crippen molar-refractivity contribution < 1.29 is 37.0 Å². The Kier molecular flexibility index (Phi) is 8.78. The number of alkyl halides is 3. The first-order valence-electron chi connectivity index (χ1n) is 9.53. The number of amides is 3.